The van der Waals surface area contributed by atoms with Gasteiger partial charge in [-0.2, -0.15) is 0 Å². The minimum atomic E-state index is -0.262. The van der Waals surface area contributed by atoms with Crippen molar-refractivity contribution in [3.8, 4) is 11.5 Å². The van der Waals surface area contributed by atoms with E-state index in [1.165, 1.54) is 7.11 Å². The lowest BCUT2D eigenvalue weighted by molar-refractivity contribution is -0.122. The summed E-state index contributed by atoms with van der Waals surface area (Å²) in [6.45, 7) is 5.41. The van der Waals surface area contributed by atoms with Gasteiger partial charge in [0.15, 0.2) is 11.5 Å². The number of hydrogen-bond acceptors (Lipinski definition) is 5. The van der Waals surface area contributed by atoms with Gasteiger partial charge in [0.1, 0.15) is 6.61 Å². The molecular formula is C22H26N2O5. The molecule has 0 atom stereocenters. The molecule has 0 saturated carbocycles. The van der Waals surface area contributed by atoms with Crippen molar-refractivity contribution in [1.82, 2.24) is 0 Å². The number of hydrogen-bond donors (Lipinski definition) is 1. The lowest BCUT2D eigenvalue weighted by Gasteiger charge is -2.18. The molecule has 0 spiro atoms. The maximum atomic E-state index is 12.7. The summed E-state index contributed by atoms with van der Waals surface area (Å²) in [5.74, 6) is 0.785. The van der Waals surface area contributed by atoms with Crippen LogP contribution in [0, 0.1) is 0 Å². The van der Waals surface area contributed by atoms with Gasteiger partial charge in [-0.05, 0) is 56.2 Å². The maximum absolute atomic E-state index is 12.7. The number of nitrogens with zero attached hydrogens (tertiary/aromatic N) is 1. The fourth-order valence-electron chi connectivity index (χ4n) is 3.31. The van der Waals surface area contributed by atoms with Crippen molar-refractivity contribution >= 4 is 23.2 Å². The summed E-state index contributed by atoms with van der Waals surface area (Å²) in [6.07, 6.45) is 0.787. The highest BCUT2D eigenvalue weighted by Gasteiger charge is 2.25. The summed E-state index contributed by atoms with van der Waals surface area (Å²) < 4.78 is 16.1. The second-order valence-corrected chi connectivity index (χ2v) is 6.55. The largest absolute Gasteiger partial charge is 0.490 e. The third-order valence-electron chi connectivity index (χ3n) is 4.61. The van der Waals surface area contributed by atoms with E-state index in [2.05, 4.69) is 5.32 Å². The summed E-state index contributed by atoms with van der Waals surface area (Å²) in [5, 5.41) is 2.90. The van der Waals surface area contributed by atoms with Crippen LogP contribution in [0.15, 0.2) is 36.4 Å². The Hall–Kier alpha value is -3.06. The van der Waals surface area contributed by atoms with Crippen molar-refractivity contribution < 1.29 is 23.8 Å². The van der Waals surface area contributed by atoms with Crippen LogP contribution in [0.1, 0.15) is 29.8 Å². The molecule has 2 amide bonds. The van der Waals surface area contributed by atoms with Crippen LogP contribution in [0.25, 0.3) is 0 Å². The Balaban J connectivity index is 1.78. The van der Waals surface area contributed by atoms with Crippen LogP contribution in [0.4, 0.5) is 11.4 Å². The molecule has 154 valence electrons. The summed E-state index contributed by atoms with van der Waals surface area (Å²) >= 11 is 0. The first-order valence-corrected chi connectivity index (χ1v) is 9.70. The zero-order valence-electron chi connectivity index (χ0n) is 17.0. The van der Waals surface area contributed by atoms with Gasteiger partial charge in [-0.1, -0.05) is 6.07 Å². The van der Waals surface area contributed by atoms with Gasteiger partial charge in [-0.25, -0.2) is 0 Å². The molecule has 0 radical (unpaired) electrons. The van der Waals surface area contributed by atoms with Gasteiger partial charge < -0.3 is 24.4 Å². The van der Waals surface area contributed by atoms with Crippen molar-refractivity contribution in [3.63, 3.8) is 0 Å². The number of methoxy groups -OCH3 is 1. The SMILES string of the molecule is CCOc1ccc(C(=O)Nc2ccc3c(c2)N(C(=O)COC)CC3)cc1OCC. The topological polar surface area (TPSA) is 77.1 Å². The van der Waals surface area contributed by atoms with Gasteiger partial charge >= 0.3 is 0 Å². The van der Waals surface area contributed by atoms with E-state index in [0.29, 0.717) is 42.5 Å². The summed E-state index contributed by atoms with van der Waals surface area (Å²) in [5.41, 5.74) is 2.97. The van der Waals surface area contributed by atoms with Crippen LogP contribution in [0.2, 0.25) is 0 Å². The van der Waals surface area contributed by atoms with E-state index >= 15 is 0 Å². The molecule has 2 aromatic rings. The zero-order valence-corrected chi connectivity index (χ0v) is 17.0. The molecule has 0 saturated heterocycles. The summed E-state index contributed by atoms with van der Waals surface area (Å²) in [6, 6.07) is 10.7. The van der Waals surface area contributed by atoms with E-state index in [-0.39, 0.29) is 18.4 Å². The average molecular weight is 398 g/mol. The highest BCUT2D eigenvalue weighted by Crippen LogP contribution is 2.32. The van der Waals surface area contributed by atoms with Gasteiger partial charge in [0, 0.05) is 30.6 Å². The molecule has 7 heteroatoms. The zero-order chi connectivity index (χ0) is 20.8. The van der Waals surface area contributed by atoms with E-state index in [9.17, 15) is 9.59 Å². The van der Waals surface area contributed by atoms with Gasteiger partial charge in [0.25, 0.3) is 11.8 Å². The molecule has 1 aliphatic heterocycles. The van der Waals surface area contributed by atoms with Gasteiger partial charge in [0.2, 0.25) is 0 Å². The Labute approximate surface area is 170 Å². The standard InChI is InChI=1S/C22H26N2O5/c1-4-28-19-9-7-16(12-20(19)29-5-2)22(26)23-17-8-6-15-10-11-24(18(15)13-17)21(25)14-27-3/h6-9,12-13H,4-5,10-11,14H2,1-3H3,(H,23,26). The number of fused-ring (bicyclic) bond motifs is 1. The van der Waals surface area contributed by atoms with Crippen LogP contribution < -0.4 is 19.7 Å². The molecule has 3 rings (SSSR count). The van der Waals surface area contributed by atoms with Crippen LogP contribution in [-0.2, 0) is 16.0 Å². The van der Waals surface area contributed by atoms with Crippen LogP contribution >= 0.6 is 0 Å². The lowest BCUT2D eigenvalue weighted by Crippen LogP contribution is -2.32. The smallest absolute Gasteiger partial charge is 0.255 e. The second-order valence-electron chi connectivity index (χ2n) is 6.55. The number of benzene rings is 2. The van der Waals surface area contributed by atoms with E-state index in [1.54, 1.807) is 23.1 Å². The van der Waals surface area contributed by atoms with Gasteiger partial charge in [-0.15, -0.1) is 0 Å². The molecular weight excluding hydrogens is 372 g/mol. The maximum Gasteiger partial charge on any atom is 0.255 e. The van der Waals surface area contributed by atoms with Crippen molar-refractivity contribution in [2.45, 2.75) is 20.3 Å². The molecule has 0 fully saturated rings. The van der Waals surface area contributed by atoms with Crippen LogP contribution in [-0.4, -0.2) is 45.3 Å². The fraction of sp³-hybridized carbons (Fsp3) is 0.364. The van der Waals surface area contributed by atoms with E-state index in [1.807, 2.05) is 32.0 Å². The Morgan fingerprint density at radius 2 is 1.79 bits per heavy atom. The van der Waals surface area contributed by atoms with Gasteiger partial charge in [0.05, 0.1) is 13.2 Å². The van der Waals surface area contributed by atoms with Crippen molar-refractivity contribution in [3.05, 3.63) is 47.5 Å². The molecule has 1 aliphatic rings. The predicted octanol–water partition coefficient (Wildman–Crippen LogP) is 3.27. The Morgan fingerprint density at radius 1 is 1.03 bits per heavy atom. The normalized spacial score (nSPS) is 12.4. The van der Waals surface area contributed by atoms with Crippen LogP contribution in [0.3, 0.4) is 0 Å². The first-order valence-electron chi connectivity index (χ1n) is 9.70. The van der Waals surface area contributed by atoms with Crippen molar-refractivity contribution in [1.29, 1.82) is 0 Å². The summed E-state index contributed by atoms with van der Waals surface area (Å²) in [4.78, 5) is 26.7. The molecule has 1 heterocycles. The predicted molar refractivity (Wildman–Crippen MR) is 111 cm³/mol. The molecule has 29 heavy (non-hydrogen) atoms. The molecule has 0 unspecified atom stereocenters. The third-order valence-corrected chi connectivity index (χ3v) is 4.61. The molecule has 7 nitrogen and oxygen atoms in total. The molecule has 0 aliphatic carbocycles. The van der Waals surface area contributed by atoms with E-state index in [4.69, 9.17) is 14.2 Å². The van der Waals surface area contributed by atoms with Crippen molar-refractivity contribution in [2.75, 3.05) is 43.7 Å². The number of anilines is 2. The minimum Gasteiger partial charge on any atom is -0.490 e. The number of carbonyl (C=O) groups excluding carboxylic acids is 2. The van der Waals surface area contributed by atoms with E-state index < -0.39 is 0 Å². The van der Waals surface area contributed by atoms with Gasteiger partial charge in [-0.3, -0.25) is 9.59 Å². The first kappa shape index (κ1) is 20.7. The number of amides is 2. The molecule has 0 aromatic heterocycles. The first-order chi connectivity index (χ1) is 14.1. The highest BCUT2D eigenvalue weighted by atomic mass is 16.5. The van der Waals surface area contributed by atoms with Crippen LogP contribution in [0.5, 0.6) is 11.5 Å². The minimum absolute atomic E-state index is 0.0302. The van der Waals surface area contributed by atoms with E-state index in [0.717, 1.165) is 17.7 Å². The Kier molecular flexibility index (Phi) is 6.72. The fourth-order valence-corrected chi connectivity index (χ4v) is 3.31. The summed E-state index contributed by atoms with van der Waals surface area (Å²) in [7, 11) is 1.50. The monoisotopic (exact) mass is 398 g/mol. The number of rotatable bonds is 8. The molecule has 0 bridgehead atoms. The number of ether oxygens (including phenoxy) is 3. The average Bonchev–Trinajstić information content (AvgIpc) is 3.13. The van der Waals surface area contributed by atoms with Crippen molar-refractivity contribution in [2.24, 2.45) is 0 Å². The number of carbonyl (C=O) groups is 2. The number of nitrogens with one attached hydrogen (secondary N) is 1. The lowest BCUT2D eigenvalue weighted by atomic mass is 10.1. The Morgan fingerprint density at radius 3 is 2.52 bits per heavy atom. The Bertz CT molecular complexity index is 897. The highest BCUT2D eigenvalue weighted by molar-refractivity contribution is 6.05. The second kappa shape index (κ2) is 9.43. The third kappa shape index (κ3) is 4.68. The molecule has 2 aromatic carbocycles. The molecule has 1 N–H and O–H groups in total. The quantitative estimate of drug-likeness (QED) is 0.739.